The van der Waals surface area contributed by atoms with Gasteiger partial charge in [-0.2, -0.15) is 0 Å². The first-order chi connectivity index (χ1) is 9.13. The third-order valence-corrected chi connectivity index (χ3v) is 3.74. The molecule has 0 saturated heterocycles. The molecule has 0 spiro atoms. The molecule has 19 heavy (non-hydrogen) atoms. The predicted octanol–water partition coefficient (Wildman–Crippen LogP) is 4.31. The summed E-state index contributed by atoms with van der Waals surface area (Å²) in [6.07, 6.45) is 0. The van der Waals surface area contributed by atoms with Crippen molar-refractivity contribution >= 4 is 0 Å². The van der Waals surface area contributed by atoms with Crippen molar-refractivity contribution in [3.05, 3.63) is 70.3 Å². The first kappa shape index (κ1) is 13.8. The van der Waals surface area contributed by atoms with Crippen LogP contribution < -0.4 is 5.32 Å². The molecule has 1 nitrogen and oxygen atoms in total. The largest absolute Gasteiger partial charge is 0.307 e. The minimum atomic E-state index is 0.282. The minimum absolute atomic E-state index is 0.282. The molecule has 1 N–H and O–H groups in total. The number of aryl methyl sites for hydroxylation is 2. The van der Waals surface area contributed by atoms with Gasteiger partial charge in [0.25, 0.3) is 0 Å². The van der Waals surface area contributed by atoms with E-state index in [0.29, 0.717) is 0 Å². The van der Waals surface area contributed by atoms with E-state index in [1.54, 1.807) is 0 Å². The zero-order valence-electron chi connectivity index (χ0n) is 12.3. The van der Waals surface area contributed by atoms with Gasteiger partial charge in [-0.15, -0.1) is 0 Å². The van der Waals surface area contributed by atoms with Gasteiger partial charge in [0.2, 0.25) is 0 Å². The lowest BCUT2D eigenvalue weighted by Gasteiger charge is -2.22. The summed E-state index contributed by atoms with van der Waals surface area (Å²) >= 11 is 0. The number of rotatable bonds is 4. The maximum atomic E-state index is 3.61. The van der Waals surface area contributed by atoms with Crippen LogP contribution in [-0.4, -0.2) is 6.54 Å². The van der Waals surface area contributed by atoms with Gasteiger partial charge in [0.05, 0.1) is 6.04 Å². The van der Waals surface area contributed by atoms with Crippen molar-refractivity contribution in [2.75, 3.05) is 6.54 Å². The van der Waals surface area contributed by atoms with Gasteiger partial charge in [0, 0.05) is 0 Å². The molecular formula is C18H23N. The molecule has 0 heterocycles. The van der Waals surface area contributed by atoms with Crippen LogP contribution in [0.5, 0.6) is 0 Å². The molecule has 0 radical (unpaired) electrons. The molecule has 0 saturated carbocycles. The predicted molar refractivity (Wildman–Crippen MR) is 82.6 cm³/mol. The van der Waals surface area contributed by atoms with Crippen LogP contribution in [0.2, 0.25) is 0 Å². The summed E-state index contributed by atoms with van der Waals surface area (Å²) in [5.41, 5.74) is 6.77. The lowest BCUT2D eigenvalue weighted by molar-refractivity contribution is 0.627. The van der Waals surface area contributed by atoms with E-state index in [4.69, 9.17) is 0 Å². The van der Waals surface area contributed by atoms with E-state index in [-0.39, 0.29) is 6.04 Å². The molecule has 2 aromatic carbocycles. The molecule has 0 amide bonds. The molecule has 1 atom stereocenters. The van der Waals surface area contributed by atoms with Gasteiger partial charge in [-0.3, -0.25) is 0 Å². The van der Waals surface area contributed by atoms with Gasteiger partial charge in [-0.25, -0.2) is 0 Å². The maximum Gasteiger partial charge on any atom is 0.0579 e. The van der Waals surface area contributed by atoms with E-state index < -0.39 is 0 Å². The summed E-state index contributed by atoms with van der Waals surface area (Å²) in [6.45, 7) is 9.67. The van der Waals surface area contributed by atoms with Crippen LogP contribution >= 0.6 is 0 Å². The third kappa shape index (κ3) is 3.05. The highest BCUT2D eigenvalue weighted by Crippen LogP contribution is 2.27. The first-order valence-electron chi connectivity index (χ1n) is 6.99. The Balaban J connectivity index is 2.48. The molecule has 0 aliphatic rings. The molecule has 1 heteroatoms. The third-order valence-electron chi connectivity index (χ3n) is 3.74. The fourth-order valence-electron chi connectivity index (χ4n) is 2.55. The Morgan fingerprint density at radius 2 is 1.74 bits per heavy atom. The smallest absolute Gasteiger partial charge is 0.0579 e. The van der Waals surface area contributed by atoms with Crippen molar-refractivity contribution in [3.8, 4) is 0 Å². The summed E-state index contributed by atoms with van der Waals surface area (Å²) in [5.74, 6) is 0. The molecule has 1 unspecified atom stereocenters. The van der Waals surface area contributed by atoms with Crippen molar-refractivity contribution in [2.45, 2.75) is 33.7 Å². The zero-order chi connectivity index (χ0) is 13.8. The fourth-order valence-corrected chi connectivity index (χ4v) is 2.55. The van der Waals surface area contributed by atoms with Gasteiger partial charge < -0.3 is 5.32 Å². The Morgan fingerprint density at radius 1 is 1.00 bits per heavy atom. The molecule has 0 aliphatic carbocycles. The summed E-state index contributed by atoms with van der Waals surface area (Å²) in [7, 11) is 0. The summed E-state index contributed by atoms with van der Waals surface area (Å²) < 4.78 is 0. The van der Waals surface area contributed by atoms with Gasteiger partial charge in [-0.05, 0) is 49.6 Å². The van der Waals surface area contributed by atoms with E-state index in [0.717, 1.165) is 6.54 Å². The summed E-state index contributed by atoms with van der Waals surface area (Å²) in [4.78, 5) is 0. The standard InChI is InChI=1S/C18H23N/c1-5-19-18(16-10-6-8-13(2)12-16)17-11-7-9-14(3)15(17)4/h6-12,18-19H,5H2,1-4H3. The second kappa shape index (κ2) is 6.03. The van der Waals surface area contributed by atoms with Gasteiger partial charge in [0.15, 0.2) is 0 Å². The quantitative estimate of drug-likeness (QED) is 0.856. The van der Waals surface area contributed by atoms with Crippen molar-refractivity contribution < 1.29 is 0 Å². The van der Waals surface area contributed by atoms with Crippen molar-refractivity contribution in [1.82, 2.24) is 5.32 Å². The van der Waals surface area contributed by atoms with E-state index in [2.05, 4.69) is 75.5 Å². The minimum Gasteiger partial charge on any atom is -0.307 e. The van der Waals surface area contributed by atoms with E-state index >= 15 is 0 Å². The van der Waals surface area contributed by atoms with Crippen molar-refractivity contribution in [1.29, 1.82) is 0 Å². The lowest BCUT2D eigenvalue weighted by atomic mass is 9.92. The van der Waals surface area contributed by atoms with Crippen molar-refractivity contribution in [3.63, 3.8) is 0 Å². The lowest BCUT2D eigenvalue weighted by Crippen LogP contribution is -2.23. The van der Waals surface area contributed by atoms with Crippen LogP contribution in [0.15, 0.2) is 42.5 Å². The monoisotopic (exact) mass is 253 g/mol. The molecule has 0 fully saturated rings. The number of nitrogens with one attached hydrogen (secondary N) is 1. The van der Waals surface area contributed by atoms with Crippen LogP contribution in [-0.2, 0) is 0 Å². The second-order valence-electron chi connectivity index (χ2n) is 5.19. The average molecular weight is 253 g/mol. The molecular weight excluding hydrogens is 230 g/mol. The Kier molecular flexibility index (Phi) is 4.39. The zero-order valence-corrected chi connectivity index (χ0v) is 12.3. The highest BCUT2D eigenvalue weighted by Gasteiger charge is 2.15. The van der Waals surface area contributed by atoms with Crippen LogP contribution in [0.4, 0.5) is 0 Å². The van der Waals surface area contributed by atoms with E-state index in [1.165, 1.54) is 27.8 Å². The van der Waals surface area contributed by atoms with Crippen molar-refractivity contribution in [2.24, 2.45) is 0 Å². The topological polar surface area (TPSA) is 12.0 Å². The second-order valence-corrected chi connectivity index (χ2v) is 5.19. The van der Waals surface area contributed by atoms with Crippen LogP contribution in [0.3, 0.4) is 0 Å². The fraction of sp³-hybridized carbons (Fsp3) is 0.333. The number of benzene rings is 2. The van der Waals surface area contributed by atoms with Gasteiger partial charge >= 0.3 is 0 Å². The number of hydrogen-bond donors (Lipinski definition) is 1. The molecule has 0 aromatic heterocycles. The van der Waals surface area contributed by atoms with Crippen LogP contribution in [0.25, 0.3) is 0 Å². The molecule has 0 bridgehead atoms. The highest BCUT2D eigenvalue weighted by atomic mass is 14.9. The number of hydrogen-bond acceptors (Lipinski definition) is 1. The SMILES string of the molecule is CCNC(c1cccc(C)c1)c1cccc(C)c1C. The first-order valence-corrected chi connectivity index (χ1v) is 6.99. The molecule has 2 rings (SSSR count). The molecule has 100 valence electrons. The van der Waals surface area contributed by atoms with E-state index in [1.807, 2.05) is 0 Å². The maximum absolute atomic E-state index is 3.61. The normalized spacial score (nSPS) is 12.4. The molecule has 2 aromatic rings. The van der Waals surface area contributed by atoms with Crippen LogP contribution in [0.1, 0.15) is 40.8 Å². The summed E-state index contributed by atoms with van der Waals surface area (Å²) in [6, 6.07) is 15.6. The van der Waals surface area contributed by atoms with Crippen LogP contribution in [0, 0.1) is 20.8 Å². The highest BCUT2D eigenvalue weighted by molar-refractivity contribution is 5.41. The molecule has 0 aliphatic heterocycles. The van der Waals surface area contributed by atoms with Gasteiger partial charge in [-0.1, -0.05) is 55.0 Å². The van der Waals surface area contributed by atoms with E-state index in [9.17, 15) is 0 Å². The Morgan fingerprint density at radius 3 is 2.42 bits per heavy atom. The Labute approximate surface area is 116 Å². The average Bonchev–Trinajstić information content (AvgIpc) is 2.40. The summed E-state index contributed by atoms with van der Waals surface area (Å²) in [5, 5.41) is 3.61. The Hall–Kier alpha value is -1.60. The van der Waals surface area contributed by atoms with Gasteiger partial charge in [0.1, 0.15) is 0 Å². The Bertz CT molecular complexity index is 557.